The number of alkyl halides is 2. The van der Waals surface area contributed by atoms with Crippen molar-refractivity contribution in [1.82, 2.24) is 0 Å². The average Bonchev–Trinajstić information content (AvgIpc) is 2.16. The van der Waals surface area contributed by atoms with Gasteiger partial charge in [-0.05, 0) is 42.4 Å². The van der Waals surface area contributed by atoms with Gasteiger partial charge in [0.15, 0.2) is 0 Å². The molecule has 0 heterocycles. The molecule has 3 rings (SSSR count). The van der Waals surface area contributed by atoms with E-state index < -0.39 is 18.3 Å². The van der Waals surface area contributed by atoms with Crippen molar-refractivity contribution in [2.45, 2.75) is 45.5 Å². The van der Waals surface area contributed by atoms with Crippen LogP contribution in [-0.2, 0) is 4.79 Å². The Labute approximate surface area is 94.0 Å². The van der Waals surface area contributed by atoms with Crippen LogP contribution in [0.1, 0.15) is 39.5 Å². The van der Waals surface area contributed by atoms with E-state index in [1.807, 2.05) is 0 Å². The Balaban J connectivity index is 2.04. The van der Waals surface area contributed by atoms with E-state index in [-0.39, 0.29) is 17.3 Å². The Morgan fingerprint density at radius 2 is 2.06 bits per heavy atom. The molecule has 4 heteroatoms. The van der Waals surface area contributed by atoms with E-state index >= 15 is 0 Å². The van der Waals surface area contributed by atoms with Gasteiger partial charge < -0.3 is 5.11 Å². The summed E-state index contributed by atoms with van der Waals surface area (Å²) in [6, 6.07) is 0. The van der Waals surface area contributed by atoms with Crippen LogP contribution in [0.5, 0.6) is 0 Å². The monoisotopic (exact) mass is 232 g/mol. The standard InChI is InChI=1S/C12H18F2O2/c1-11(2)8-4-3-7(9(11)5-8)6-12(13,14)10(15)16/h7-9H,3-6H2,1-2H3,(H,15,16). The van der Waals surface area contributed by atoms with Gasteiger partial charge in [-0.2, -0.15) is 8.78 Å². The van der Waals surface area contributed by atoms with Crippen molar-refractivity contribution in [2.75, 3.05) is 0 Å². The SMILES string of the molecule is CC1(C)C2CCC(CC(F)(F)C(=O)O)C1C2. The number of carboxylic acids is 1. The number of carboxylic acid groups (broad SMARTS) is 1. The number of aliphatic carboxylic acids is 1. The van der Waals surface area contributed by atoms with Crippen LogP contribution in [0.3, 0.4) is 0 Å². The summed E-state index contributed by atoms with van der Waals surface area (Å²) >= 11 is 0. The van der Waals surface area contributed by atoms with E-state index in [1.54, 1.807) is 0 Å². The van der Waals surface area contributed by atoms with Crippen molar-refractivity contribution in [3.8, 4) is 0 Å². The van der Waals surface area contributed by atoms with Gasteiger partial charge in [-0.3, -0.25) is 0 Å². The lowest BCUT2D eigenvalue weighted by atomic mass is 9.45. The first-order chi connectivity index (χ1) is 7.25. The molecule has 3 fully saturated rings. The van der Waals surface area contributed by atoms with E-state index in [9.17, 15) is 13.6 Å². The molecular weight excluding hydrogens is 214 g/mol. The highest BCUT2D eigenvalue weighted by Gasteiger charge is 2.56. The van der Waals surface area contributed by atoms with Crippen LogP contribution in [0.4, 0.5) is 8.78 Å². The van der Waals surface area contributed by atoms with Gasteiger partial charge in [0.1, 0.15) is 0 Å². The minimum absolute atomic E-state index is 0.119. The summed E-state index contributed by atoms with van der Waals surface area (Å²) in [5.41, 5.74) is 0.136. The number of rotatable bonds is 3. The quantitative estimate of drug-likeness (QED) is 0.811. The fourth-order valence-electron chi connectivity index (χ4n) is 3.62. The molecule has 1 N–H and O–H groups in total. The van der Waals surface area contributed by atoms with Gasteiger partial charge >= 0.3 is 11.9 Å². The van der Waals surface area contributed by atoms with Gasteiger partial charge in [0.25, 0.3) is 0 Å². The molecule has 0 aromatic carbocycles. The number of carbonyl (C=O) groups is 1. The third-order valence-electron chi connectivity index (χ3n) is 4.83. The third kappa shape index (κ3) is 1.62. The lowest BCUT2D eigenvalue weighted by Gasteiger charge is -2.60. The lowest BCUT2D eigenvalue weighted by molar-refractivity contribution is -0.176. The highest BCUT2D eigenvalue weighted by Crippen LogP contribution is 2.62. The molecule has 0 radical (unpaired) electrons. The van der Waals surface area contributed by atoms with E-state index in [2.05, 4.69) is 13.8 Å². The molecular formula is C12H18F2O2. The zero-order chi connectivity index (χ0) is 12.1. The highest BCUT2D eigenvalue weighted by molar-refractivity contribution is 5.75. The molecule has 3 atom stereocenters. The third-order valence-corrected chi connectivity index (χ3v) is 4.83. The number of halogens is 2. The molecule has 0 aromatic rings. The first kappa shape index (κ1) is 11.8. The Morgan fingerprint density at radius 1 is 1.44 bits per heavy atom. The van der Waals surface area contributed by atoms with Crippen molar-refractivity contribution in [3.63, 3.8) is 0 Å². The second-order valence-electron chi connectivity index (χ2n) is 5.91. The maximum atomic E-state index is 13.2. The molecule has 3 aliphatic carbocycles. The fourth-order valence-corrected chi connectivity index (χ4v) is 3.62. The molecule has 92 valence electrons. The van der Waals surface area contributed by atoms with Crippen LogP contribution in [0.15, 0.2) is 0 Å². The van der Waals surface area contributed by atoms with Crippen LogP contribution in [0.25, 0.3) is 0 Å². The van der Waals surface area contributed by atoms with Crippen molar-refractivity contribution < 1.29 is 18.7 Å². The summed E-state index contributed by atoms with van der Waals surface area (Å²) in [6.45, 7) is 4.24. The topological polar surface area (TPSA) is 37.3 Å². The predicted octanol–water partition coefficient (Wildman–Crippen LogP) is 3.17. The Hall–Kier alpha value is -0.670. The summed E-state index contributed by atoms with van der Waals surface area (Å²) in [7, 11) is 0. The van der Waals surface area contributed by atoms with Gasteiger partial charge in [-0.15, -0.1) is 0 Å². The normalized spacial score (nSPS) is 36.6. The van der Waals surface area contributed by atoms with Crippen LogP contribution in [-0.4, -0.2) is 17.0 Å². The van der Waals surface area contributed by atoms with Gasteiger partial charge in [0, 0.05) is 6.42 Å². The van der Waals surface area contributed by atoms with Crippen molar-refractivity contribution in [1.29, 1.82) is 0 Å². The Bertz CT molecular complexity index is 310. The molecule has 2 nitrogen and oxygen atoms in total. The van der Waals surface area contributed by atoms with Crippen molar-refractivity contribution in [3.05, 3.63) is 0 Å². The second kappa shape index (κ2) is 3.41. The minimum Gasteiger partial charge on any atom is -0.477 e. The summed E-state index contributed by atoms with van der Waals surface area (Å²) in [5.74, 6) is -4.70. The van der Waals surface area contributed by atoms with Crippen LogP contribution < -0.4 is 0 Å². The van der Waals surface area contributed by atoms with Gasteiger partial charge in [-0.25, -0.2) is 4.79 Å². The second-order valence-corrected chi connectivity index (χ2v) is 5.91. The minimum atomic E-state index is -3.55. The summed E-state index contributed by atoms with van der Waals surface area (Å²) < 4.78 is 26.3. The molecule has 0 aromatic heterocycles. The molecule has 0 amide bonds. The van der Waals surface area contributed by atoms with Crippen molar-refractivity contribution >= 4 is 5.97 Å². The lowest BCUT2D eigenvalue weighted by Crippen LogP contribution is -2.53. The number of fused-ring (bicyclic) bond motifs is 2. The number of hydrogen-bond acceptors (Lipinski definition) is 1. The van der Waals surface area contributed by atoms with Gasteiger partial charge in [0.05, 0.1) is 0 Å². The summed E-state index contributed by atoms with van der Waals surface area (Å²) in [4.78, 5) is 10.4. The Kier molecular flexibility index (Phi) is 2.52. The average molecular weight is 232 g/mol. The van der Waals surface area contributed by atoms with E-state index in [4.69, 9.17) is 5.11 Å². The molecule has 3 saturated carbocycles. The Morgan fingerprint density at radius 3 is 2.50 bits per heavy atom. The number of hydrogen-bond donors (Lipinski definition) is 1. The smallest absolute Gasteiger partial charge is 0.374 e. The molecule has 3 aliphatic rings. The van der Waals surface area contributed by atoms with Crippen LogP contribution >= 0.6 is 0 Å². The molecule has 3 unspecified atom stereocenters. The summed E-state index contributed by atoms with van der Waals surface area (Å²) in [6.07, 6.45) is 2.27. The molecule has 16 heavy (non-hydrogen) atoms. The molecule has 0 spiro atoms. The maximum absolute atomic E-state index is 13.2. The molecule has 2 bridgehead atoms. The van der Waals surface area contributed by atoms with E-state index in [0.29, 0.717) is 5.92 Å². The molecule has 0 aliphatic heterocycles. The van der Waals surface area contributed by atoms with E-state index in [0.717, 1.165) is 19.3 Å². The largest absolute Gasteiger partial charge is 0.477 e. The molecule has 0 saturated heterocycles. The highest BCUT2D eigenvalue weighted by atomic mass is 19.3. The maximum Gasteiger partial charge on any atom is 0.374 e. The van der Waals surface area contributed by atoms with Gasteiger partial charge in [-0.1, -0.05) is 13.8 Å². The first-order valence-electron chi connectivity index (χ1n) is 5.86. The predicted molar refractivity (Wildman–Crippen MR) is 55.3 cm³/mol. The fraction of sp³-hybridized carbons (Fsp3) is 0.917. The van der Waals surface area contributed by atoms with Gasteiger partial charge in [0.2, 0.25) is 0 Å². The van der Waals surface area contributed by atoms with E-state index in [1.165, 1.54) is 0 Å². The zero-order valence-corrected chi connectivity index (χ0v) is 9.67. The zero-order valence-electron chi connectivity index (χ0n) is 9.67. The summed E-state index contributed by atoms with van der Waals surface area (Å²) in [5, 5.41) is 8.45. The van der Waals surface area contributed by atoms with Crippen molar-refractivity contribution in [2.24, 2.45) is 23.2 Å². The van der Waals surface area contributed by atoms with Crippen LogP contribution in [0, 0.1) is 23.2 Å². The van der Waals surface area contributed by atoms with Crippen LogP contribution in [0.2, 0.25) is 0 Å². The first-order valence-corrected chi connectivity index (χ1v) is 5.86.